The summed E-state index contributed by atoms with van der Waals surface area (Å²) in [4.78, 5) is 0. The molecule has 4 nitrogen and oxygen atoms in total. The number of methoxy groups -OCH3 is 1. The van der Waals surface area contributed by atoms with E-state index in [1.807, 2.05) is 19.9 Å². The number of unbranched alkanes of at least 4 members (excludes halogenated alkanes) is 1. The number of nitrogens with two attached hydrogens (primary N) is 1. The lowest BCUT2D eigenvalue weighted by Crippen LogP contribution is -2.17. The lowest BCUT2D eigenvalue weighted by Gasteiger charge is -2.16. The van der Waals surface area contributed by atoms with Gasteiger partial charge in [-0.1, -0.05) is 0 Å². The lowest BCUT2D eigenvalue weighted by molar-refractivity contribution is 0.183. The monoisotopic (exact) mass is 359 g/mol. The van der Waals surface area contributed by atoms with Gasteiger partial charge in [0, 0.05) is 19.8 Å². The predicted octanol–water partition coefficient (Wildman–Crippen LogP) is 3.54. The molecule has 0 aromatic heterocycles. The van der Waals surface area contributed by atoms with E-state index in [0.717, 1.165) is 47.4 Å². The standard InChI is InChI=1S/C16H26BrNO3/c1-4-20-15-11-13(9-12(2)18)10-14(17)16(15)21-8-6-5-7-19-3/h10-12H,4-9,18H2,1-3H3. The Bertz CT molecular complexity index is 424. The van der Waals surface area contributed by atoms with Crippen LogP contribution in [0.15, 0.2) is 16.6 Å². The molecule has 0 aliphatic heterocycles. The summed E-state index contributed by atoms with van der Waals surface area (Å²) in [6, 6.07) is 4.19. The van der Waals surface area contributed by atoms with Gasteiger partial charge in [-0.05, 0) is 66.7 Å². The minimum atomic E-state index is 0.118. The first-order valence-electron chi connectivity index (χ1n) is 7.41. The Balaban J connectivity index is 2.76. The van der Waals surface area contributed by atoms with Crippen molar-refractivity contribution in [3.8, 4) is 11.5 Å². The minimum Gasteiger partial charge on any atom is -0.490 e. The Kier molecular flexibility index (Phi) is 8.73. The Hall–Kier alpha value is -0.780. The van der Waals surface area contributed by atoms with Gasteiger partial charge in [-0.15, -0.1) is 0 Å². The van der Waals surface area contributed by atoms with Gasteiger partial charge in [-0.25, -0.2) is 0 Å². The van der Waals surface area contributed by atoms with E-state index in [-0.39, 0.29) is 6.04 Å². The zero-order chi connectivity index (χ0) is 15.7. The fraction of sp³-hybridized carbons (Fsp3) is 0.625. The lowest BCUT2D eigenvalue weighted by atomic mass is 10.1. The summed E-state index contributed by atoms with van der Waals surface area (Å²) in [5, 5.41) is 0. The van der Waals surface area contributed by atoms with Gasteiger partial charge in [0.05, 0.1) is 17.7 Å². The van der Waals surface area contributed by atoms with Gasteiger partial charge in [0.2, 0.25) is 0 Å². The van der Waals surface area contributed by atoms with Crippen molar-refractivity contribution in [2.45, 2.75) is 39.2 Å². The second-order valence-electron chi connectivity index (χ2n) is 5.07. The van der Waals surface area contributed by atoms with E-state index in [2.05, 4.69) is 22.0 Å². The quantitative estimate of drug-likeness (QED) is 0.649. The second kappa shape index (κ2) is 10.0. The maximum Gasteiger partial charge on any atom is 0.175 e. The molecule has 120 valence electrons. The van der Waals surface area contributed by atoms with Crippen molar-refractivity contribution in [1.82, 2.24) is 0 Å². The van der Waals surface area contributed by atoms with Crippen LogP contribution in [0.25, 0.3) is 0 Å². The fourth-order valence-corrected chi connectivity index (χ4v) is 2.64. The average Bonchev–Trinajstić information content (AvgIpc) is 2.40. The zero-order valence-electron chi connectivity index (χ0n) is 13.2. The van der Waals surface area contributed by atoms with Crippen molar-refractivity contribution >= 4 is 15.9 Å². The Labute approximate surface area is 136 Å². The molecule has 0 fully saturated rings. The minimum absolute atomic E-state index is 0.118. The Morgan fingerprint density at radius 2 is 1.90 bits per heavy atom. The van der Waals surface area contributed by atoms with Crippen molar-refractivity contribution in [1.29, 1.82) is 0 Å². The van der Waals surface area contributed by atoms with Crippen molar-refractivity contribution in [3.63, 3.8) is 0 Å². The van der Waals surface area contributed by atoms with Crippen LogP contribution < -0.4 is 15.2 Å². The van der Waals surface area contributed by atoms with Gasteiger partial charge in [0.15, 0.2) is 11.5 Å². The molecule has 0 bridgehead atoms. The van der Waals surface area contributed by atoms with Crippen LogP contribution in [0.3, 0.4) is 0 Å². The highest BCUT2D eigenvalue weighted by atomic mass is 79.9. The molecule has 2 N–H and O–H groups in total. The van der Waals surface area contributed by atoms with Crippen molar-refractivity contribution < 1.29 is 14.2 Å². The smallest absolute Gasteiger partial charge is 0.175 e. The summed E-state index contributed by atoms with van der Waals surface area (Å²) < 4.78 is 17.5. The third-order valence-electron chi connectivity index (χ3n) is 2.92. The highest BCUT2D eigenvalue weighted by Gasteiger charge is 2.13. The van der Waals surface area contributed by atoms with Gasteiger partial charge in [-0.2, -0.15) is 0 Å². The largest absolute Gasteiger partial charge is 0.490 e. The number of ether oxygens (including phenoxy) is 3. The molecule has 1 rings (SSSR count). The highest BCUT2D eigenvalue weighted by Crippen LogP contribution is 2.37. The molecule has 0 amide bonds. The van der Waals surface area contributed by atoms with Crippen LogP contribution in [0.4, 0.5) is 0 Å². The molecule has 21 heavy (non-hydrogen) atoms. The Morgan fingerprint density at radius 1 is 1.19 bits per heavy atom. The van der Waals surface area contributed by atoms with Crippen LogP contribution in [-0.4, -0.2) is 33.0 Å². The average molecular weight is 360 g/mol. The second-order valence-corrected chi connectivity index (χ2v) is 5.92. The normalized spacial score (nSPS) is 12.2. The summed E-state index contributed by atoms with van der Waals surface area (Å²) in [6.45, 7) is 5.97. The van der Waals surface area contributed by atoms with Crippen LogP contribution in [-0.2, 0) is 11.2 Å². The maximum atomic E-state index is 5.87. The van der Waals surface area contributed by atoms with E-state index < -0.39 is 0 Å². The van der Waals surface area contributed by atoms with Crippen LogP contribution in [0.5, 0.6) is 11.5 Å². The van der Waals surface area contributed by atoms with E-state index in [9.17, 15) is 0 Å². The van der Waals surface area contributed by atoms with Crippen LogP contribution in [0, 0.1) is 0 Å². The molecule has 0 spiro atoms. The van der Waals surface area contributed by atoms with E-state index in [1.54, 1.807) is 7.11 Å². The van der Waals surface area contributed by atoms with E-state index in [4.69, 9.17) is 19.9 Å². The van der Waals surface area contributed by atoms with E-state index >= 15 is 0 Å². The van der Waals surface area contributed by atoms with E-state index in [1.165, 1.54) is 0 Å². The number of halogens is 1. The van der Waals surface area contributed by atoms with Crippen molar-refractivity contribution in [3.05, 3.63) is 22.2 Å². The number of hydrogen-bond donors (Lipinski definition) is 1. The predicted molar refractivity (Wildman–Crippen MR) is 89.3 cm³/mol. The summed E-state index contributed by atoms with van der Waals surface area (Å²) in [7, 11) is 1.71. The van der Waals surface area contributed by atoms with Crippen molar-refractivity contribution in [2.75, 3.05) is 26.9 Å². The third-order valence-corrected chi connectivity index (χ3v) is 3.51. The zero-order valence-corrected chi connectivity index (χ0v) is 14.7. The van der Waals surface area contributed by atoms with Gasteiger partial charge < -0.3 is 19.9 Å². The van der Waals surface area contributed by atoms with Crippen molar-refractivity contribution in [2.24, 2.45) is 5.73 Å². The molecular weight excluding hydrogens is 334 g/mol. The summed E-state index contributed by atoms with van der Waals surface area (Å²) in [6.07, 6.45) is 2.75. The molecule has 1 aromatic carbocycles. The van der Waals surface area contributed by atoms with Gasteiger partial charge in [0.25, 0.3) is 0 Å². The summed E-state index contributed by atoms with van der Waals surface area (Å²) in [5.74, 6) is 1.54. The molecule has 1 aromatic rings. The van der Waals surface area contributed by atoms with Gasteiger partial charge in [0.1, 0.15) is 0 Å². The topological polar surface area (TPSA) is 53.7 Å². The highest BCUT2D eigenvalue weighted by molar-refractivity contribution is 9.10. The van der Waals surface area contributed by atoms with Gasteiger partial charge in [-0.3, -0.25) is 0 Å². The van der Waals surface area contributed by atoms with Gasteiger partial charge >= 0.3 is 0 Å². The van der Waals surface area contributed by atoms with Crippen LogP contribution in [0.1, 0.15) is 32.3 Å². The molecule has 0 saturated heterocycles. The van der Waals surface area contributed by atoms with Crippen LogP contribution in [0.2, 0.25) is 0 Å². The third kappa shape index (κ3) is 6.68. The van der Waals surface area contributed by atoms with Crippen LogP contribution >= 0.6 is 15.9 Å². The number of rotatable bonds is 10. The maximum absolute atomic E-state index is 5.87. The molecule has 0 radical (unpaired) electrons. The SMILES string of the molecule is CCOc1cc(CC(C)N)cc(Br)c1OCCCCOC. The summed E-state index contributed by atoms with van der Waals surface area (Å²) in [5.41, 5.74) is 7.01. The fourth-order valence-electron chi connectivity index (χ4n) is 2.04. The molecule has 1 unspecified atom stereocenters. The molecule has 0 saturated carbocycles. The first kappa shape index (κ1) is 18.3. The molecule has 1 atom stereocenters. The Morgan fingerprint density at radius 3 is 2.52 bits per heavy atom. The molecule has 0 aliphatic rings. The molecule has 0 heterocycles. The molecule has 5 heteroatoms. The first-order chi connectivity index (χ1) is 10.1. The van der Waals surface area contributed by atoms with E-state index in [0.29, 0.717) is 13.2 Å². The molecular formula is C16H26BrNO3. The number of benzene rings is 1. The number of hydrogen-bond acceptors (Lipinski definition) is 4. The first-order valence-corrected chi connectivity index (χ1v) is 8.20. The molecule has 0 aliphatic carbocycles. The summed E-state index contributed by atoms with van der Waals surface area (Å²) >= 11 is 3.57.